The van der Waals surface area contributed by atoms with Gasteiger partial charge < -0.3 is 0 Å². The minimum atomic E-state index is 0.356. The Morgan fingerprint density at radius 2 is 2.67 bits per heavy atom. The summed E-state index contributed by atoms with van der Waals surface area (Å²) >= 11 is 0. The number of nitrogens with two attached hydrogens (primary N) is 1. The van der Waals surface area contributed by atoms with Gasteiger partial charge in [-0.2, -0.15) is 0 Å². The zero-order valence-electron chi connectivity index (χ0n) is 3.05. The number of nitrogen functional groups attached to an aromatic ring is 1. The SMILES string of the molecule is Nc1nbn[nH]1. The van der Waals surface area contributed by atoms with Gasteiger partial charge in [-0.15, -0.1) is 0 Å². The van der Waals surface area contributed by atoms with Gasteiger partial charge in [0.25, 0.3) is 0 Å². The van der Waals surface area contributed by atoms with Crippen LogP contribution in [0.15, 0.2) is 0 Å². The van der Waals surface area contributed by atoms with Gasteiger partial charge in [0.05, 0.1) is 0 Å². The number of rotatable bonds is 0. The second-order valence-electron chi connectivity index (χ2n) is 0.871. The molecular weight excluding hydrogens is 78.9 g/mol. The Bertz CT molecular complexity index is 111. The molecule has 30 valence electrons. The summed E-state index contributed by atoms with van der Waals surface area (Å²) in [7, 11) is 1.36. The first-order valence-electron chi connectivity index (χ1n) is 1.50. The van der Waals surface area contributed by atoms with E-state index in [0.717, 1.165) is 0 Å². The summed E-state index contributed by atoms with van der Waals surface area (Å²) in [6.07, 6.45) is 0. The molecule has 3 N–H and O–H groups in total. The zero-order chi connectivity index (χ0) is 4.41. The first kappa shape index (κ1) is 3.33. The van der Waals surface area contributed by atoms with Gasteiger partial charge in [-0.05, 0) is 0 Å². The van der Waals surface area contributed by atoms with Crippen LogP contribution in [0.2, 0.25) is 0 Å². The van der Waals surface area contributed by atoms with Crippen LogP contribution in [0.3, 0.4) is 0 Å². The Hall–Kier alpha value is -0.865. The van der Waals surface area contributed by atoms with E-state index in [4.69, 9.17) is 5.73 Å². The normalized spacial score (nSPS) is 8.00. The Morgan fingerprint density at radius 3 is 2.83 bits per heavy atom. The Labute approximate surface area is 35.0 Å². The second-order valence-corrected chi connectivity index (χ2v) is 0.871. The van der Waals surface area contributed by atoms with Crippen LogP contribution in [0.5, 0.6) is 0 Å². The van der Waals surface area contributed by atoms with Crippen LogP contribution in [0.1, 0.15) is 0 Å². The molecule has 0 radical (unpaired) electrons. The van der Waals surface area contributed by atoms with Gasteiger partial charge in [-0.25, -0.2) is 0 Å². The van der Waals surface area contributed by atoms with Crippen molar-refractivity contribution in [1.29, 1.82) is 0 Å². The number of aromatic nitrogens is 3. The van der Waals surface area contributed by atoms with E-state index in [9.17, 15) is 0 Å². The molecule has 0 aliphatic heterocycles. The Kier molecular flexibility index (Phi) is 0.599. The summed E-state index contributed by atoms with van der Waals surface area (Å²) in [5.74, 6) is 0.356. The van der Waals surface area contributed by atoms with Gasteiger partial charge in [0.15, 0.2) is 0 Å². The van der Waals surface area contributed by atoms with E-state index in [1.165, 1.54) is 7.19 Å². The third-order valence-electron chi connectivity index (χ3n) is 0.434. The molecule has 0 aromatic carbocycles. The van der Waals surface area contributed by atoms with E-state index in [-0.39, 0.29) is 0 Å². The summed E-state index contributed by atoms with van der Waals surface area (Å²) in [4.78, 5) is 3.53. The van der Waals surface area contributed by atoms with Gasteiger partial charge in [0, 0.05) is 0 Å². The molecule has 1 rings (SSSR count). The molecular formula is CH3BN4. The third kappa shape index (κ3) is 0.380. The average molecular weight is 81.9 g/mol. The standard InChI is InChI=1S/CH3BN4/c3-1-4-2-6-5-1/h(H3,3,4,5). The van der Waals surface area contributed by atoms with Crippen molar-refractivity contribution < 1.29 is 0 Å². The molecule has 0 aliphatic carbocycles. The molecule has 0 fully saturated rings. The molecule has 6 heavy (non-hydrogen) atoms. The van der Waals surface area contributed by atoms with Crippen molar-refractivity contribution >= 4 is 13.1 Å². The molecule has 0 aliphatic rings. The molecule has 5 heteroatoms. The van der Waals surface area contributed by atoms with E-state index >= 15 is 0 Å². The summed E-state index contributed by atoms with van der Waals surface area (Å²) in [6.45, 7) is 0. The molecule has 1 heterocycles. The predicted octanol–water partition coefficient (Wildman–Crippen LogP) is -1.28. The summed E-state index contributed by atoms with van der Waals surface area (Å²) < 4.78 is 0. The van der Waals surface area contributed by atoms with Crippen molar-refractivity contribution in [3.05, 3.63) is 0 Å². The van der Waals surface area contributed by atoms with Gasteiger partial charge in [0.1, 0.15) is 0 Å². The molecule has 0 saturated heterocycles. The first-order valence-corrected chi connectivity index (χ1v) is 1.50. The van der Waals surface area contributed by atoms with Crippen molar-refractivity contribution in [3.63, 3.8) is 0 Å². The van der Waals surface area contributed by atoms with E-state index in [0.29, 0.717) is 5.95 Å². The number of nitrogens with one attached hydrogen (secondary N) is 1. The van der Waals surface area contributed by atoms with E-state index in [1.807, 2.05) is 0 Å². The van der Waals surface area contributed by atoms with Crippen LogP contribution in [-0.2, 0) is 0 Å². The fourth-order valence-electron chi connectivity index (χ4n) is 0.215. The van der Waals surface area contributed by atoms with Gasteiger partial charge >= 0.3 is 33.9 Å². The van der Waals surface area contributed by atoms with E-state index in [1.54, 1.807) is 0 Å². The molecule has 0 atom stereocenters. The Balaban J connectivity index is 3.05. The topological polar surface area (TPSA) is 67.6 Å². The van der Waals surface area contributed by atoms with E-state index < -0.39 is 0 Å². The van der Waals surface area contributed by atoms with Crippen LogP contribution in [0.25, 0.3) is 0 Å². The maximum absolute atomic E-state index is 5.05. The third-order valence-corrected chi connectivity index (χ3v) is 0.434. The first-order chi connectivity index (χ1) is 2.89. The van der Waals surface area contributed by atoms with Crippen molar-refractivity contribution in [2.75, 3.05) is 5.73 Å². The van der Waals surface area contributed by atoms with Crippen LogP contribution in [-0.4, -0.2) is 22.2 Å². The molecule has 0 saturated carbocycles. The molecule has 4 nitrogen and oxygen atoms in total. The number of hydrogen-bond acceptors (Lipinski definition) is 3. The molecule has 1 aromatic heterocycles. The fraction of sp³-hybridized carbons (Fsp3) is 0. The quantitative estimate of drug-likeness (QED) is 0.409. The number of H-pyrrole nitrogens is 1. The number of aromatic amines is 1. The molecule has 0 unspecified atom stereocenters. The van der Waals surface area contributed by atoms with Crippen LogP contribution in [0, 0.1) is 0 Å². The van der Waals surface area contributed by atoms with Crippen molar-refractivity contribution in [2.45, 2.75) is 0 Å². The molecule has 1 aromatic rings. The average Bonchev–Trinajstić information content (AvgIpc) is 1.86. The zero-order valence-corrected chi connectivity index (χ0v) is 3.05. The van der Waals surface area contributed by atoms with Crippen LogP contribution >= 0.6 is 0 Å². The van der Waals surface area contributed by atoms with E-state index in [2.05, 4.69) is 15.0 Å². The second kappa shape index (κ2) is 1.08. The molecule has 0 spiro atoms. The van der Waals surface area contributed by atoms with Gasteiger partial charge in [0.2, 0.25) is 0 Å². The van der Waals surface area contributed by atoms with Crippen molar-refractivity contribution in [2.24, 2.45) is 0 Å². The monoisotopic (exact) mass is 82.0 g/mol. The summed E-state index contributed by atoms with van der Waals surface area (Å²) in [5, 5.41) is 5.88. The van der Waals surface area contributed by atoms with Crippen molar-refractivity contribution in [3.8, 4) is 0 Å². The number of hydrogen-bond donors (Lipinski definition) is 2. The van der Waals surface area contributed by atoms with Gasteiger partial charge in [-0.1, -0.05) is 0 Å². The Morgan fingerprint density at radius 1 is 1.83 bits per heavy atom. The maximum atomic E-state index is 5.05. The number of nitrogens with zero attached hydrogens (tertiary/aromatic N) is 2. The van der Waals surface area contributed by atoms with Crippen molar-refractivity contribution in [1.82, 2.24) is 15.0 Å². The van der Waals surface area contributed by atoms with Crippen LogP contribution in [0.4, 0.5) is 5.95 Å². The summed E-state index contributed by atoms with van der Waals surface area (Å²) in [5.41, 5.74) is 5.05. The fourth-order valence-corrected chi connectivity index (χ4v) is 0.215. The molecule has 0 bridgehead atoms. The predicted molar refractivity (Wildman–Crippen MR) is 22.1 cm³/mol. The molecule has 0 amide bonds. The summed E-state index contributed by atoms with van der Waals surface area (Å²) in [6, 6.07) is 0. The van der Waals surface area contributed by atoms with Gasteiger partial charge in [-0.3, -0.25) is 0 Å². The number of anilines is 1. The minimum absolute atomic E-state index is 0.356. The van der Waals surface area contributed by atoms with Crippen LogP contribution < -0.4 is 5.73 Å².